The van der Waals surface area contributed by atoms with Gasteiger partial charge in [-0.15, -0.1) is 0 Å². The van der Waals surface area contributed by atoms with E-state index >= 15 is 0 Å². The second-order valence-corrected chi connectivity index (χ2v) is 4.83. The second kappa shape index (κ2) is 7.75. The maximum atomic E-state index is 12.0. The minimum absolute atomic E-state index is 0.116. The number of methoxy groups -OCH3 is 1. The number of nitrogens with zero attached hydrogens (tertiary/aromatic N) is 2. The van der Waals surface area contributed by atoms with Crippen LogP contribution in [0.3, 0.4) is 0 Å². The van der Waals surface area contributed by atoms with Gasteiger partial charge in [0.25, 0.3) is 0 Å². The molecule has 1 unspecified atom stereocenters. The molecule has 0 saturated heterocycles. The van der Waals surface area contributed by atoms with Crippen molar-refractivity contribution in [2.24, 2.45) is 0 Å². The summed E-state index contributed by atoms with van der Waals surface area (Å²) in [6.07, 6.45) is 2.40. The van der Waals surface area contributed by atoms with Gasteiger partial charge >= 0.3 is 0 Å². The molecule has 1 N–H and O–H groups in total. The highest BCUT2D eigenvalue weighted by Crippen LogP contribution is 2.12. The SMILES string of the molecule is COCC(NC(=O)CCc1cc(Cl)no1)c1ccccn1. The maximum Gasteiger partial charge on any atom is 0.221 e. The molecule has 2 aromatic heterocycles. The van der Waals surface area contributed by atoms with E-state index in [2.05, 4.69) is 15.5 Å². The van der Waals surface area contributed by atoms with Crippen molar-refractivity contribution in [2.75, 3.05) is 13.7 Å². The van der Waals surface area contributed by atoms with Crippen LogP contribution in [0.2, 0.25) is 5.15 Å². The summed E-state index contributed by atoms with van der Waals surface area (Å²) in [6.45, 7) is 0.358. The van der Waals surface area contributed by atoms with Gasteiger partial charge < -0.3 is 14.6 Å². The topological polar surface area (TPSA) is 77.2 Å². The monoisotopic (exact) mass is 309 g/mol. The lowest BCUT2D eigenvalue weighted by Gasteiger charge is -2.17. The molecule has 0 saturated carbocycles. The van der Waals surface area contributed by atoms with Crippen LogP contribution in [0.15, 0.2) is 35.0 Å². The average Bonchev–Trinajstić information content (AvgIpc) is 2.91. The van der Waals surface area contributed by atoms with Gasteiger partial charge in [0.2, 0.25) is 5.91 Å². The first-order valence-corrected chi connectivity index (χ1v) is 6.87. The minimum Gasteiger partial charge on any atom is -0.382 e. The van der Waals surface area contributed by atoms with E-state index in [1.807, 2.05) is 18.2 Å². The molecule has 6 nitrogen and oxygen atoms in total. The van der Waals surface area contributed by atoms with Gasteiger partial charge in [-0.25, -0.2) is 0 Å². The van der Waals surface area contributed by atoms with E-state index in [-0.39, 0.29) is 23.5 Å². The zero-order chi connectivity index (χ0) is 15.1. The number of hydrogen-bond donors (Lipinski definition) is 1. The van der Waals surface area contributed by atoms with E-state index in [1.54, 1.807) is 19.4 Å². The normalized spacial score (nSPS) is 12.1. The minimum atomic E-state index is -0.276. The Morgan fingerprint density at radius 3 is 3.00 bits per heavy atom. The molecule has 2 aromatic rings. The van der Waals surface area contributed by atoms with Crippen LogP contribution in [0.4, 0.5) is 0 Å². The largest absolute Gasteiger partial charge is 0.382 e. The Morgan fingerprint density at radius 1 is 1.52 bits per heavy atom. The highest BCUT2D eigenvalue weighted by Gasteiger charge is 2.16. The zero-order valence-electron chi connectivity index (χ0n) is 11.6. The summed E-state index contributed by atoms with van der Waals surface area (Å²) in [5.41, 5.74) is 0.760. The van der Waals surface area contributed by atoms with Crippen LogP contribution < -0.4 is 5.32 Å². The van der Waals surface area contributed by atoms with Crippen molar-refractivity contribution in [3.05, 3.63) is 47.1 Å². The molecule has 2 heterocycles. The number of amides is 1. The fraction of sp³-hybridized carbons (Fsp3) is 0.357. The summed E-state index contributed by atoms with van der Waals surface area (Å²) in [7, 11) is 1.58. The van der Waals surface area contributed by atoms with Crippen LogP contribution in [0.5, 0.6) is 0 Å². The first-order chi connectivity index (χ1) is 10.2. The first-order valence-electron chi connectivity index (χ1n) is 6.49. The van der Waals surface area contributed by atoms with Crippen molar-refractivity contribution in [2.45, 2.75) is 18.9 Å². The molecule has 2 rings (SSSR count). The highest BCUT2D eigenvalue weighted by molar-refractivity contribution is 6.29. The lowest BCUT2D eigenvalue weighted by molar-refractivity contribution is -0.122. The quantitative estimate of drug-likeness (QED) is 0.848. The number of ether oxygens (including phenoxy) is 1. The fourth-order valence-electron chi connectivity index (χ4n) is 1.86. The average molecular weight is 310 g/mol. The molecule has 112 valence electrons. The molecular weight excluding hydrogens is 294 g/mol. The van der Waals surface area contributed by atoms with Crippen LogP contribution in [0, 0.1) is 0 Å². The van der Waals surface area contributed by atoms with Gasteiger partial charge in [-0.2, -0.15) is 0 Å². The van der Waals surface area contributed by atoms with Crippen LogP contribution in [-0.2, 0) is 16.0 Å². The van der Waals surface area contributed by atoms with Crippen molar-refractivity contribution in [1.82, 2.24) is 15.5 Å². The molecule has 21 heavy (non-hydrogen) atoms. The number of carbonyl (C=O) groups excluding carboxylic acids is 1. The lowest BCUT2D eigenvalue weighted by atomic mass is 10.1. The summed E-state index contributed by atoms with van der Waals surface area (Å²) in [6, 6.07) is 6.86. The number of halogens is 1. The Labute approximate surface area is 127 Å². The van der Waals surface area contributed by atoms with Crippen LogP contribution in [-0.4, -0.2) is 29.8 Å². The Morgan fingerprint density at radius 2 is 2.38 bits per heavy atom. The third-order valence-corrected chi connectivity index (χ3v) is 3.02. The van der Waals surface area contributed by atoms with Gasteiger partial charge in [0.1, 0.15) is 5.76 Å². The van der Waals surface area contributed by atoms with E-state index < -0.39 is 0 Å². The van der Waals surface area contributed by atoms with Gasteiger partial charge in [0.15, 0.2) is 5.15 Å². The number of nitrogens with one attached hydrogen (secondary N) is 1. The lowest BCUT2D eigenvalue weighted by Crippen LogP contribution is -2.32. The molecule has 0 spiro atoms. The van der Waals surface area contributed by atoms with Crippen molar-refractivity contribution in [1.29, 1.82) is 0 Å². The van der Waals surface area contributed by atoms with E-state index in [0.29, 0.717) is 18.8 Å². The summed E-state index contributed by atoms with van der Waals surface area (Å²) in [4.78, 5) is 16.2. The van der Waals surface area contributed by atoms with Gasteiger partial charge in [0.05, 0.1) is 18.3 Å². The van der Waals surface area contributed by atoms with Crippen LogP contribution in [0.25, 0.3) is 0 Å². The van der Waals surface area contributed by atoms with E-state index in [0.717, 1.165) is 5.69 Å². The fourth-order valence-corrected chi connectivity index (χ4v) is 2.01. The summed E-state index contributed by atoms with van der Waals surface area (Å²) < 4.78 is 10.1. The number of hydrogen-bond acceptors (Lipinski definition) is 5. The molecule has 0 aliphatic carbocycles. The molecule has 0 aliphatic rings. The van der Waals surface area contributed by atoms with Crippen LogP contribution in [0.1, 0.15) is 23.9 Å². The Bertz CT molecular complexity index is 574. The molecular formula is C14H16ClN3O3. The molecule has 0 fully saturated rings. The maximum absolute atomic E-state index is 12.0. The van der Waals surface area contributed by atoms with E-state index in [1.165, 1.54) is 0 Å². The van der Waals surface area contributed by atoms with Gasteiger partial charge in [-0.3, -0.25) is 9.78 Å². The zero-order valence-corrected chi connectivity index (χ0v) is 12.3. The van der Waals surface area contributed by atoms with E-state index in [4.69, 9.17) is 20.9 Å². The van der Waals surface area contributed by atoms with Crippen LogP contribution >= 0.6 is 11.6 Å². The predicted molar refractivity (Wildman–Crippen MR) is 76.8 cm³/mol. The summed E-state index contributed by atoms with van der Waals surface area (Å²) in [5.74, 6) is 0.464. The molecule has 1 amide bonds. The van der Waals surface area contributed by atoms with Crippen molar-refractivity contribution < 1.29 is 14.1 Å². The highest BCUT2D eigenvalue weighted by atomic mass is 35.5. The smallest absolute Gasteiger partial charge is 0.221 e. The van der Waals surface area contributed by atoms with Crippen molar-refractivity contribution in [3.8, 4) is 0 Å². The number of aryl methyl sites for hydroxylation is 1. The van der Waals surface area contributed by atoms with E-state index in [9.17, 15) is 4.79 Å². The Hall–Kier alpha value is -1.92. The third-order valence-electron chi connectivity index (χ3n) is 2.84. The summed E-state index contributed by atoms with van der Waals surface area (Å²) >= 11 is 5.65. The van der Waals surface area contributed by atoms with Gasteiger partial charge in [-0.05, 0) is 12.1 Å². The number of rotatable bonds is 7. The summed E-state index contributed by atoms with van der Waals surface area (Å²) in [5, 5.41) is 6.74. The molecule has 7 heteroatoms. The first kappa shape index (κ1) is 15.5. The predicted octanol–water partition coefficient (Wildman–Crippen LogP) is 2.16. The van der Waals surface area contributed by atoms with Gasteiger partial charge in [-0.1, -0.05) is 22.8 Å². The molecule has 0 radical (unpaired) electrons. The standard InChI is InChI=1S/C14H16ClN3O3/c1-20-9-12(11-4-2-3-7-16-11)17-14(19)6-5-10-8-13(15)18-21-10/h2-4,7-8,12H,5-6,9H2,1H3,(H,17,19). The Balaban J connectivity index is 1.89. The molecule has 0 bridgehead atoms. The second-order valence-electron chi connectivity index (χ2n) is 4.45. The number of carbonyl (C=O) groups is 1. The van der Waals surface area contributed by atoms with Crippen molar-refractivity contribution in [3.63, 3.8) is 0 Å². The van der Waals surface area contributed by atoms with Crippen molar-refractivity contribution >= 4 is 17.5 Å². The molecule has 0 aromatic carbocycles. The molecule has 1 atom stereocenters. The number of aromatic nitrogens is 2. The van der Waals surface area contributed by atoms with Gasteiger partial charge in [0, 0.05) is 32.2 Å². The third kappa shape index (κ3) is 4.84. The Kier molecular flexibility index (Phi) is 5.71. The number of pyridine rings is 1. The molecule has 0 aliphatic heterocycles.